The predicted octanol–water partition coefficient (Wildman–Crippen LogP) is 1.63. The molecule has 2 aliphatic heterocycles. The first kappa shape index (κ1) is 12.9. The first-order chi connectivity index (χ1) is 9.69. The molecule has 5 nitrogen and oxygen atoms in total. The third-order valence-electron chi connectivity index (χ3n) is 3.54. The molecular formula is C15H14O5. The topological polar surface area (TPSA) is 61.8 Å². The minimum atomic E-state index is -0.642. The third kappa shape index (κ3) is 2.20. The van der Waals surface area contributed by atoms with Crippen molar-refractivity contribution in [1.29, 1.82) is 0 Å². The molecule has 20 heavy (non-hydrogen) atoms. The summed E-state index contributed by atoms with van der Waals surface area (Å²) in [7, 11) is 1.33. The minimum Gasteiger partial charge on any atom is -0.466 e. The average Bonchev–Trinajstić information content (AvgIpc) is 2.81. The van der Waals surface area contributed by atoms with Gasteiger partial charge in [0.05, 0.1) is 31.6 Å². The Morgan fingerprint density at radius 1 is 1.35 bits per heavy atom. The quantitative estimate of drug-likeness (QED) is 0.728. The van der Waals surface area contributed by atoms with Gasteiger partial charge < -0.3 is 14.2 Å². The number of rotatable bonds is 1. The lowest BCUT2D eigenvalue weighted by molar-refractivity contribution is -0.163. The fraction of sp³-hybridized carbons (Fsp3) is 0.333. The Kier molecular flexibility index (Phi) is 3.28. The van der Waals surface area contributed by atoms with Crippen molar-refractivity contribution in [2.45, 2.75) is 18.6 Å². The van der Waals surface area contributed by atoms with Crippen molar-refractivity contribution in [3.63, 3.8) is 0 Å². The maximum atomic E-state index is 11.7. The number of ether oxygens (including phenoxy) is 3. The summed E-state index contributed by atoms with van der Waals surface area (Å²) in [6.45, 7) is 0.0649. The number of hydrogen-bond donors (Lipinski definition) is 0. The molecular weight excluding hydrogens is 260 g/mol. The second-order valence-electron chi connectivity index (χ2n) is 4.77. The van der Waals surface area contributed by atoms with Crippen LogP contribution in [0.3, 0.4) is 0 Å². The van der Waals surface area contributed by atoms with Gasteiger partial charge in [-0.3, -0.25) is 4.79 Å². The van der Waals surface area contributed by atoms with Crippen molar-refractivity contribution in [1.82, 2.24) is 0 Å². The molecule has 1 aromatic carbocycles. The van der Waals surface area contributed by atoms with Gasteiger partial charge in [0.1, 0.15) is 0 Å². The van der Waals surface area contributed by atoms with Crippen LogP contribution in [0.5, 0.6) is 0 Å². The lowest BCUT2D eigenvalue weighted by Crippen LogP contribution is -2.24. The Labute approximate surface area is 116 Å². The van der Waals surface area contributed by atoms with E-state index in [1.54, 1.807) is 6.08 Å². The Bertz CT molecular complexity index is 590. The Morgan fingerprint density at radius 2 is 2.15 bits per heavy atom. The molecule has 0 bridgehead atoms. The molecule has 0 aliphatic carbocycles. The van der Waals surface area contributed by atoms with E-state index in [9.17, 15) is 9.59 Å². The molecule has 3 rings (SSSR count). The van der Waals surface area contributed by atoms with Gasteiger partial charge in [0, 0.05) is 0 Å². The summed E-state index contributed by atoms with van der Waals surface area (Å²) in [5, 5.41) is 0. The van der Waals surface area contributed by atoms with Crippen LogP contribution in [0.4, 0.5) is 0 Å². The number of esters is 2. The highest BCUT2D eigenvalue weighted by Gasteiger charge is 2.39. The van der Waals surface area contributed by atoms with E-state index >= 15 is 0 Å². The van der Waals surface area contributed by atoms with Gasteiger partial charge in [0.15, 0.2) is 0 Å². The highest BCUT2D eigenvalue weighted by atomic mass is 16.7. The van der Waals surface area contributed by atoms with Gasteiger partial charge in [-0.05, 0) is 17.2 Å². The van der Waals surface area contributed by atoms with Gasteiger partial charge in [0.25, 0.3) is 0 Å². The molecule has 0 spiro atoms. The van der Waals surface area contributed by atoms with Gasteiger partial charge in [-0.2, -0.15) is 0 Å². The number of fused-ring (bicyclic) bond motifs is 3. The van der Waals surface area contributed by atoms with E-state index in [4.69, 9.17) is 14.2 Å². The predicted molar refractivity (Wildman–Crippen MR) is 69.6 cm³/mol. The van der Waals surface area contributed by atoms with Crippen molar-refractivity contribution in [2.75, 3.05) is 13.7 Å². The summed E-state index contributed by atoms with van der Waals surface area (Å²) in [6, 6.07) is 7.61. The van der Waals surface area contributed by atoms with Crippen LogP contribution >= 0.6 is 0 Å². The van der Waals surface area contributed by atoms with E-state index in [-0.39, 0.29) is 18.5 Å². The van der Waals surface area contributed by atoms with E-state index in [1.165, 1.54) is 7.11 Å². The summed E-state index contributed by atoms with van der Waals surface area (Å²) in [4.78, 5) is 23.2. The molecule has 0 radical (unpaired) electrons. The molecule has 0 N–H and O–H groups in total. The lowest BCUT2D eigenvalue weighted by Gasteiger charge is -2.23. The van der Waals surface area contributed by atoms with Crippen LogP contribution in [0.2, 0.25) is 0 Å². The van der Waals surface area contributed by atoms with Crippen LogP contribution in [0.15, 0.2) is 29.8 Å². The van der Waals surface area contributed by atoms with Gasteiger partial charge in [-0.15, -0.1) is 0 Å². The maximum Gasteiger partial charge on any atom is 0.336 e. The van der Waals surface area contributed by atoms with Crippen LogP contribution in [0.1, 0.15) is 23.5 Å². The molecule has 104 valence electrons. The van der Waals surface area contributed by atoms with E-state index in [1.807, 2.05) is 24.3 Å². The molecule has 0 saturated carbocycles. The van der Waals surface area contributed by atoms with E-state index in [2.05, 4.69) is 0 Å². The van der Waals surface area contributed by atoms with Crippen LogP contribution in [0.25, 0.3) is 6.08 Å². The van der Waals surface area contributed by atoms with Gasteiger partial charge in [0.2, 0.25) is 6.29 Å². The molecule has 2 atom stereocenters. The minimum absolute atomic E-state index is 0.0649. The van der Waals surface area contributed by atoms with Crippen molar-refractivity contribution in [3.8, 4) is 0 Å². The second-order valence-corrected chi connectivity index (χ2v) is 4.77. The average molecular weight is 274 g/mol. The van der Waals surface area contributed by atoms with Crippen LogP contribution in [-0.2, 0) is 23.8 Å². The van der Waals surface area contributed by atoms with Gasteiger partial charge >= 0.3 is 11.9 Å². The highest BCUT2D eigenvalue weighted by Crippen LogP contribution is 2.37. The molecule has 2 aliphatic rings. The monoisotopic (exact) mass is 274 g/mol. The molecule has 1 saturated heterocycles. The van der Waals surface area contributed by atoms with Crippen LogP contribution in [-0.4, -0.2) is 31.9 Å². The maximum absolute atomic E-state index is 11.7. The normalized spacial score (nSPS) is 27.2. The summed E-state index contributed by atoms with van der Waals surface area (Å²) < 4.78 is 15.5. The molecule has 5 heteroatoms. The standard InChI is InChI=1S/C15H14O5/c1-18-14(17)10-6-9-4-2-3-5-11(9)12-7-13(16)20-15(12)19-8-10/h2-6,12,15H,7-8H2,1H3/b10-6+. The summed E-state index contributed by atoms with van der Waals surface area (Å²) in [6.07, 6.45) is 1.40. The molecule has 2 unspecified atom stereocenters. The molecule has 2 heterocycles. The SMILES string of the molecule is COC(=O)/C1=C/c2ccccc2C2CC(=O)OC2OC1. The zero-order chi connectivity index (χ0) is 14.1. The first-order valence-corrected chi connectivity index (χ1v) is 6.38. The second kappa shape index (κ2) is 5.09. The summed E-state index contributed by atoms with van der Waals surface area (Å²) in [5.41, 5.74) is 2.25. The lowest BCUT2D eigenvalue weighted by atomic mass is 9.90. The van der Waals surface area contributed by atoms with E-state index < -0.39 is 12.3 Å². The number of benzene rings is 1. The van der Waals surface area contributed by atoms with Crippen LogP contribution in [0, 0.1) is 0 Å². The number of methoxy groups -OCH3 is 1. The largest absolute Gasteiger partial charge is 0.466 e. The number of carbonyl (C=O) groups is 2. The fourth-order valence-electron chi connectivity index (χ4n) is 2.57. The van der Waals surface area contributed by atoms with Crippen molar-refractivity contribution in [2.24, 2.45) is 0 Å². The summed E-state index contributed by atoms with van der Waals surface area (Å²) >= 11 is 0. The Balaban J connectivity index is 2.06. The molecule has 1 fully saturated rings. The van der Waals surface area contributed by atoms with E-state index in [0.717, 1.165) is 11.1 Å². The zero-order valence-corrected chi connectivity index (χ0v) is 11.0. The van der Waals surface area contributed by atoms with Crippen molar-refractivity contribution < 1.29 is 23.8 Å². The smallest absolute Gasteiger partial charge is 0.336 e. The third-order valence-corrected chi connectivity index (χ3v) is 3.54. The van der Waals surface area contributed by atoms with Crippen LogP contribution < -0.4 is 0 Å². The Hall–Kier alpha value is -2.14. The highest BCUT2D eigenvalue weighted by molar-refractivity contribution is 5.94. The Morgan fingerprint density at radius 3 is 2.95 bits per heavy atom. The van der Waals surface area contributed by atoms with Gasteiger partial charge in [-0.25, -0.2) is 4.79 Å². The zero-order valence-electron chi connectivity index (χ0n) is 11.0. The summed E-state index contributed by atoms with van der Waals surface area (Å²) in [5.74, 6) is -0.854. The van der Waals surface area contributed by atoms with Gasteiger partial charge in [-0.1, -0.05) is 24.3 Å². The fourth-order valence-corrected chi connectivity index (χ4v) is 2.57. The van der Waals surface area contributed by atoms with E-state index in [0.29, 0.717) is 12.0 Å². The van der Waals surface area contributed by atoms with Crippen molar-refractivity contribution in [3.05, 3.63) is 41.0 Å². The molecule has 1 aromatic rings. The van der Waals surface area contributed by atoms with Crippen molar-refractivity contribution >= 4 is 18.0 Å². The number of carbonyl (C=O) groups excluding carboxylic acids is 2. The molecule has 0 aromatic heterocycles. The first-order valence-electron chi connectivity index (χ1n) is 6.38. The molecule has 0 amide bonds. The number of hydrogen-bond acceptors (Lipinski definition) is 5.